The fourth-order valence-electron chi connectivity index (χ4n) is 5.55. The molecule has 0 spiro atoms. The highest BCUT2D eigenvalue weighted by Gasteiger charge is 2.47. The van der Waals surface area contributed by atoms with Crippen molar-refractivity contribution < 1.29 is 32.9 Å². The van der Waals surface area contributed by atoms with Crippen molar-refractivity contribution in [1.82, 2.24) is 0 Å². The van der Waals surface area contributed by atoms with Gasteiger partial charge < -0.3 is 19.3 Å². The van der Waals surface area contributed by atoms with E-state index in [-0.39, 0.29) is 47.9 Å². The van der Waals surface area contributed by atoms with Gasteiger partial charge in [-0.05, 0) is 89.6 Å². The van der Waals surface area contributed by atoms with Crippen molar-refractivity contribution in [2.75, 3.05) is 14.2 Å². The predicted octanol–water partition coefficient (Wildman–Crippen LogP) is 7.68. The molecular weight excluding hydrogens is 502 g/mol. The fraction of sp³-hybridized carbons (Fsp3) is 0.406. The first-order chi connectivity index (χ1) is 18.7. The molecular formula is C32H34F2O5. The Morgan fingerprint density at radius 2 is 1.79 bits per heavy atom. The first kappa shape index (κ1) is 27.1. The normalized spacial score (nSPS) is 17.4. The number of carbonyl (C=O) groups is 1. The number of benzene rings is 3. The molecule has 3 aromatic rings. The summed E-state index contributed by atoms with van der Waals surface area (Å²) in [5.74, 6) is -1.34. The predicted molar refractivity (Wildman–Crippen MR) is 144 cm³/mol. The van der Waals surface area contributed by atoms with Crippen molar-refractivity contribution in [3.05, 3.63) is 82.9 Å². The number of hydrogen-bond acceptors (Lipinski definition) is 4. The molecule has 0 radical (unpaired) electrons. The van der Waals surface area contributed by atoms with Crippen molar-refractivity contribution in [2.45, 2.75) is 57.7 Å². The Morgan fingerprint density at radius 3 is 2.44 bits per heavy atom. The van der Waals surface area contributed by atoms with Gasteiger partial charge in [-0.3, -0.25) is 4.79 Å². The minimum atomic E-state index is -0.935. The van der Waals surface area contributed by atoms with Gasteiger partial charge in [0.05, 0.1) is 19.6 Å². The second kappa shape index (κ2) is 11.0. The van der Waals surface area contributed by atoms with Crippen molar-refractivity contribution in [2.24, 2.45) is 11.3 Å². The van der Waals surface area contributed by atoms with Gasteiger partial charge in [0.1, 0.15) is 18.2 Å². The van der Waals surface area contributed by atoms with Crippen LogP contribution in [0.15, 0.2) is 54.6 Å². The lowest BCUT2D eigenvalue weighted by atomic mass is 9.87. The third-order valence-electron chi connectivity index (χ3n) is 8.14. The number of carboxylic acids is 1. The average Bonchev–Trinajstić information content (AvgIpc) is 3.86. The van der Waals surface area contributed by atoms with Gasteiger partial charge in [-0.15, -0.1) is 0 Å². The van der Waals surface area contributed by atoms with E-state index in [1.165, 1.54) is 6.07 Å². The molecule has 0 bridgehead atoms. The van der Waals surface area contributed by atoms with Gasteiger partial charge >= 0.3 is 5.97 Å². The largest absolute Gasteiger partial charge is 0.497 e. The zero-order chi connectivity index (χ0) is 27.7. The van der Waals surface area contributed by atoms with Crippen molar-refractivity contribution in [1.29, 1.82) is 0 Å². The Balaban J connectivity index is 1.46. The highest BCUT2D eigenvalue weighted by Crippen LogP contribution is 2.57. The number of methoxy groups -OCH3 is 2. The van der Waals surface area contributed by atoms with Gasteiger partial charge in [0.15, 0.2) is 11.6 Å². The van der Waals surface area contributed by atoms with Crippen LogP contribution in [-0.2, 0) is 16.1 Å². The van der Waals surface area contributed by atoms with Gasteiger partial charge in [0.25, 0.3) is 0 Å². The maximum Gasteiger partial charge on any atom is 0.303 e. The lowest BCUT2D eigenvalue weighted by molar-refractivity contribution is -0.137. The third kappa shape index (κ3) is 5.78. The smallest absolute Gasteiger partial charge is 0.303 e. The van der Waals surface area contributed by atoms with E-state index in [9.17, 15) is 9.90 Å². The summed E-state index contributed by atoms with van der Waals surface area (Å²) in [6.07, 6.45) is 3.46. The molecule has 2 aliphatic carbocycles. The van der Waals surface area contributed by atoms with E-state index in [4.69, 9.17) is 14.2 Å². The molecule has 2 fully saturated rings. The first-order valence-corrected chi connectivity index (χ1v) is 13.4. The summed E-state index contributed by atoms with van der Waals surface area (Å²) in [6, 6.07) is 15.2. The van der Waals surface area contributed by atoms with Crippen LogP contribution in [0.4, 0.5) is 8.78 Å². The zero-order valence-electron chi connectivity index (χ0n) is 22.5. The molecule has 0 aliphatic heterocycles. The van der Waals surface area contributed by atoms with E-state index in [2.05, 4.69) is 6.92 Å². The van der Waals surface area contributed by atoms with Crippen LogP contribution in [0.2, 0.25) is 0 Å². The summed E-state index contributed by atoms with van der Waals surface area (Å²) in [7, 11) is 3.21. The molecule has 7 heteroatoms. The molecule has 2 atom stereocenters. The maximum atomic E-state index is 15.5. The Labute approximate surface area is 227 Å². The van der Waals surface area contributed by atoms with Crippen LogP contribution in [0.3, 0.4) is 0 Å². The maximum absolute atomic E-state index is 15.5. The van der Waals surface area contributed by atoms with E-state index >= 15 is 8.78 Å². The minimum absolute atomic E-state index is 0.0548. The van der Waals surface area contributed by atoms with Crippen LogP contribution in [0.5, 0.6) is 11.5 Å². The Hall–Kier alpha value is -3.45. The molecule has 206 valence electrons. The molecule has 0 heterocycles. The zero-order valence-corrected chi connectivity index (χ0v) is 22.5. The minimum Gasteiger partial charge on any atom is -0.497 e. The summed E-state index contributed by atoms with van der Waals surface area (Å²) in [4.78, 5) is 11.4. The van der Waals surface area contributed by atoms with Gasteiger partial charge in [0.2, 0.25) is 0 Å². The number of aliphatic carboxylic acids is 1. The molecule has 39 heavy (non-hydrogen) atoms. The third-order valence-corrected chi connectivity index (χ3v) is 8.14. The van der Waals surface area contributed by atoms with Gasteiger partial charge in [0, 0.05) is 18.6 Å². The molecule has 3 aromatic carbocycles. The van der Waals surface area contributed by atoms with Crippen LogP contribution in [0.25, 0.3) is 11.1 Å². The van der Waals surface area contributed by atoms with E-state index in [0.29, 0.717) is 22.4 Å². The van der Waals surface area contributed by atoms with Crippen molar-refractivity contribution in [3.8, 4) is 22.6 Å². The Kier molecular flexibility index (Phi) is 7.63. The van der Waals surface area contributed by atoms with E-state index < -0.39 is 11.8 Å². The topological polar surface area (TPSA) is 65.0 Å². The fourth-order valence-corrected chi connectivity index (χ4v) is 5.55. The summed E-state index contributed by atoms with van der Waals surface area (Å²) in [6.45, 7) is 2.25. The highest BCUT2D eigenvalue weighted by atomic mass is 19.1. The summed E-state index contributed by atoms with van der Waals surface area (Å²) >= 11 is 0. The van der Waals surface area contributed by atoms with Gasteiger partial charge in [-0.2, -0.15) is 0 Å². The number of hydrogen-bond donors (Lipinski definition) is 1. The molecule has 5 rings (SSSR count). The molecule has 5 nitrogen and oxygen atoms in total. The molecule has 1 N–H and O–H groups in total. The molecule has 0 saturated heterocycles. The summed E-state index contributed by atoms with van der Waals surface area (Å²) in [5.41, 5.74) is 3.10. The van der Waals surface area contributed by atoms with Crippen LogP contribution in [-0.4, -0.2) is 25.3 Å². The van der Waals surface area contributed by atoms with E-state index in [0.717, 1.165) is 36.8 Å². The number of halogens is 2. The number of carboxylic acid groups (broad SMARTS) is 1. The summed E-state index contributed by atoms with van der Waals surface area (Å²) < 4.78 is 47.7. The standard InChI is InChI=1S/C32H34F2O5/c1-32(13-14-32)31(38-3)26-15-19(7-11-22(26)25-16-21(37-2)10-12-27(25)33)18-39-28-6-4-5-23(30(28)34)24(17-29(35)36)20-8-9-20/h4-7,10-12,15-16,20,24,31H,8-9,13-14,17-18H2,1-3H3,(H,35,36)/t24-,31-/m0/s1. The number of ether oxygens (including phenoxy) is 3. The summed E-state index contributed by atoms with van der Waals surface area (Å²) in [5, 5.41) is 9.34. The molecule has 0 aromatic heterocycles. The Morgan fingerprint density at radius 1 is 1.03 bits per heavy atom. The van der Waals surface area contributed by atoms with Gasteiger partial charge in [-0.1, -0.05) is 31.2 Å². The monoisotopic (exact) mass is 536 g/mol. The van der Waals surface area contributed by atoms with E-state index in [1.807, 2.05) is 18.2 Å². The average molecular weight is 537 g/mol. The van der Waals surface area contributed by atoms with Crippen molar-refractivity contribution in [3.63, 3.8) is 0 Å². The van der Waals surface area contributed by atoms with Crippen LogP contribution >= 0.6 is 0 Å². The van der Waals surface area contributed by atoms with Gasteiger partial charge in [-0.25, -0.2) is 8.78 Å². The van der Waals surface area contributed by atoms with Crippen LogP contribution in [0.1, 0.15) is 67.7 Å². The SMILES string of the molecule is COc1ccc(F)c(-c2ccc(COc3cccc([C@@H](CC(=O)O)C4CC4)c3F)cc2[C@H](OC)C2(C)CC2)c1. The second-order valence-corrected chi connectivity index (χ2v) is 11.0. The van der Waals surface area contributed by atoms with Crippen molar-refractivity contribution >= 4 is 5.97 Å². The Bertz CT molecular complexity index is 1360. The van der Waals surface area contributed by atoms with E-state index in [1.54, 1.807) is 44.6 Å². The lowest BCUT2D eigenvalue weighted by Gasteiger charge is -2.26. The first-order valence-electron chi connectivity index (χ1n) is 13.4. The molecule has 0 unspecified atom stereocenters. The number of rotatable bonds is 12. The quantitative estimate of drug-likeness (QED) is 0.257. The molecule has 2 aliphatic rings. The molecule has 2 saturated carbocycles. The lowest BCUT2D eigenvalue weighted by Crippen LogP contribution is -2.15. The molecule has 0 amide bonds. The second-order valence-electron chi connectivity index (χ2n) is 11.0. The van der Waals surface area contributed by atoms with Crippen LogP contribution in [0, 0.1) is 23.0 Å². The van der Waals surface area contributed by atoms with Crippen LogP contribution < -0.4 is 9.47 Å². The highest BCUT2D eigenvalue weighted by molar-refractivity contribution is 5.71.